The van der Waals surface area contributed by atoms with Crippen LogP contribution in [0.3, 0.4) is 0 Å². The molecule has 0 spiro atoms. The van der Waals surface area contributed by atoms with E-state index in [9.17, 15) is 9.90 Å². The highest BCUT2D eigenvalue weighted by molar-refractivity contribution is 5.73. The Balaban J connectivity index is 2.36. The van der Waals surface area contributed by atoms with Gasteiger partial charge in [-0.2, -0.15) is 0 Å². The molecule has 1 rings (SSSR count). The fraction of sp³-hybridized carbons (Fsp3) is 0.562. The molecule has 2 amide bonds. The van der Waals surface area contributed by atoms with E-state index in [0.29, 0.717) is 25.5 Å². The summed E-state index contributed by atoms with van der Waals surface area (Å²) in [6.07, 6.45) is 0.174. The third-order valence-corrected chi connectivity index (χ3v) is 3.10. The summed E-state index contributed by atoms with van der Waals surface area (Å²) in [7, 11) is 1.65. The number of aliphatic hydroxyl groups excluding tert-OH is 1. The smallest absolute Gasteiger partial charge is 0.315 e. The van der Waals surface area contributed by atoms with Gasteiger partial charge in [0.05, 0.1) is 12.7 Å². The van der Waals surface area contributed by atoms with E-state index in [1.807, 2.05) is 38.1 Å². The maximum absolute atomic E-state index is 11.7. The van der Waals surface area contributed by atoms with Crippen molar-refractivity contribution in [3.63, 3.8) is 0 Å². The predicted molar refractivity (Wildman–Crippen MR) is 82.9 cm³/mol. The van der Waals surface area contributed by atoms with Crippen LogP contribution in [-0.2, 0) is 17.9 Å². The zero-order valence-corrected chi connectivity index (χ0v) is 13.1. The molecule has 21 heavy (non-hydrogen) atoms. The Morgan fingerprint density at radius 2 is 1.90 bits per heavy atom. The van der Waals surface area contributed by atoms with Gasteiger partial charge in [0.1, 0.15) is 0 Å². The van der Waals surface area contributed by atoms with Crippen LogP contribution in [0.1, 0.15) is 31.4 Å². The monoisotopic (exact) mass is 294 g/mol. The molecule has 3 N–H and O–H groups in total. The molecule has 5 heteroatoms. The first-order valence-corrected chi connectivity index (χ1v) is 7.28. The molecular formula is C16H26N2O3. The van der Waals surface area contributed by atoms with Crippen molar-refractivity contribution < 1.29 is 14.6 Å². The van der Waals surface area contributed by atoms with Crippen LogP contribution in [0.25, 0.3) is 0 Å². The van der Waals surface area contributed by atoms with Crippen molar-refractivity contribution in [2.24, 2.45) is 5.92 Å². The van der Waals surface area contributed by atoms with Crippen LogP contribution in [0, 0.1) is 5.92 Å². The number of methoxy groups -OCH3 is 1. The average molecular weight is 294 g/mol. The first-order chi connectivity index (χ1) is 10.0. The molecule has 0 aliphatic carbocycles. The summed E-state index contributed by atoms with van der Waals surface area (Å²) >= 11 is 0. The third kappa shape index (κ3) is 7.11. The van der Waals surface area contributed by atoms with Crippen molar-refractivity contribution in [3.05, 3.63) is 35.4 Å². The lowest BCUT2D eigenvalue weighted by molar-refractivity contribution is 0.147. The fourth-order valence-electron chi connectivity index (χ4n) is 2.10. The summed E-state index contributed by atoms with van der Waals surface area (Å²) in [6.45, 7) is 5.30. The van der Waals surface area contributed by atoms with E-state index in [2.05, 4.69) is 10.6 Å². The lowest BCUT2D eigenvalue weighted by Gasteiger charge is -2.15. The zero-order chi connectivity index (χ0) is 15.7. The van der Waals surface area contributed by atoms with E-state index in [4.69, 9.17) is 4.74 Å². The molecule has 0 heterocycles. The van der Waals surface area contributed by atoms with Gasteiger partial charge in [0, 0.05) is 20.2 Å². The first kappa shape index (κ1) is 17.5. The summed E-state index contributed by atoms with van der Waals surface area (Å²) in [5, 5.41) is 15.2. The summed E-state index contributed by atoms with van der Waals surface area (Å²) in [6, 6.07) is 7.54. The van der Waals surface area contributed by atoms with Crippen LogP contribution in [0.5, 0.6) is 0 Å². The van der Waals surface area contributed by atoms with E-state index in [0.717, 1.165) is 11.1 Å². The number of aliphatic hydroxyl groups is 1. The van der Waals surface area contributed by atoms with Gasteiger partial charge in [-0.15, -0.1) is 0 Å². The maximum atomic E-state index is 11.7. The van der Waals surface area contributed by atoms with Gasteiger partial charge in [0.15, 0.2) is 0 Å². The second-order valence-electron chi connectivity index (χ2n) is 5.55. The molecule has 1 unspecified atom stereocenters. The largest absolute Gasteiger partial charge is 0.391 e. The number of hydrogen-bond acceptors (Lipinski definition) is 3. The number of ether oxygens (including phenoxy) is 1. The molecule has 1 atom stereocenters. The SMILES string of the molecule is COCc1ccccc1CNC(=O)NCC(O)CC(C)C. The van der Waals surface area contributed by atoms with Crippen LogP contribution in [0.15, 0.2) is 24.3 Å². The van der Waals surface area contributed by atoms with Crippen LogP contribution in [0.4, 0.5) is 4.79 Å². The van der Waals surface area contributed by atoms with Crippen LogP contribution in [0.2, 0.25) is 0 Å². The molecular weight excluding hydrogens is 268 g/mol. The number of benzene rings is 1. The molecule has 1 aromatic rings. The molecule has 1 aromatic carbocycles. The fourth-order valence-corrected chi connectivity index (χ4v) is 2.10. The molecule has 0 bridgehead atoms. The quantitative estimate of drug-likeness (QED) is 0.687. The second-order valence-corrected chi connectivity index (χ2v) is 5.55. The van der Waals surface area contributed by atoms with Crippen molar-refractivity contribution in [1.82, 2.24) is 10.6 Å². The standard InChI is InChI=1S/C16H26N2O3/c1-12(2)8-15(19)10-18-16(20)17-9-13-6-4-5-7-14(13)11-21-3/h4-7,12,15,19H,8-11H2,1-3H3,(H2,17,18,20). The molecule has 0 radical (unpaired) electrons. The molecule has 0 saturated heterocycles. The van der Waals surface area contributed by atoms with Crippen LogP contribution >= 0.6 is 0 Å². The van der Waals surface area contributed by atoms with Gasteiger partial charge in [0.2, 0.25) is 0 Å². The van der Waals surface area contributed by atoms with Gasteiger partial charge in [-0.05, 0) is 23.5 Å². The molecule has 0 aromatic heterocycles. The second kappa shape index (κ2) is 9.37. The molecule has 0 aliphatic rings. The van der Waals surface area contributed by atoms with Gasteiger partial charge >= 0.3 is 6.03 Å². The van der Waals surface area contributed by atoms with E-state index in [-0.39, 0.29) is 12.6 Å². The van der Waals surface area contributed by atoms with Crippen LogP contribution in [-0.4, -0.2) is 30.9 Å². The highest BCUT2D eigenvalue weighted by atomic mass is 16.5. The summed E-state index contributed by atoms with van der Waals surface area (Å²) in [5.41, 5.74) is 2.08. The van der Waals surface area contributed by atoms with Gasteiger partial charge in [-0.1, -0.05) is 38.1 Å². The number of nitrogens with one attached hydrogen (secondary N) is 2. The summed E-state index contributed by atoms with van der Waals surface area (Å²) < 4.78 is 5.13. The van der Waals surface area contributed by atoms with Gasteiger partial charge in [-0.25, -0.2) is 4.79 Å². The Morgan fingerprint density at radius 1 is 1.24 bits per heavy atom. The van der Waals surface area contributed by atoms with E-state index in [1.54, 1.807) is 7.11 Å². The molecule has 118 valence electrons. The van der Waals surface area contributed by atoms with Gasteiger partial charge < -0.3 is 20.5 Å². The Bertz CT molecular complexity index is 435. The van der Waals surface area contributed by atoms with Gasteiger partial charge in [0.25, 0.3) is 0 Å². The Morgan fingerprint density at radius 3 is 2.52 bits per heavy atom. The summed E-state index contributed by atoms with van der Waals surface area (Å²) in [5.74, 6) is 0.408. The topological polar surface area (TPSA) is 70.6 Å². The maximum Gasteiger partial charge on any atom is 0.315 e. The molecule has 0 aliphatic heterocycles. The first-order valence-electron chi connectivity index (χ1n) is 7.28. The zero-order valence-electron chi connectivity index (χ0n) is 13.1. The van der Waals surface area contributed by atoms with E-state index >= 15 is 0 Å². The number of urea groups is 1. The van der Waals surface area contributed by atoms with Crippen molar-refractivity contribution in [2.75, 3.05) is 13.7 Å². The number of amides is 2. The normalized spacial score (nSPS) is 12.2. The lowest BCUT2D eigenvalue weighted by atomic mass is 10.1. The third-order valence-electron chi connectivity index (χ3n) is 3.10. The van der Waals surface area contributed by atoms with Gasteiger partial charge in [-0.3, -0.25) is 0 Å². The minimum atomic E-state index is -0.503. The van der Waals surface area contributed by atoms with Crippen molar-refractivity contribution in [2.45, 2.75) is 39.5 Å². The number of rotatable bonds is 8. The highest BCUT2D eigenvalue weighted by Gasteiger charge is 2.09. The van der Waals surface area contributed by atoms with Crippen molar-refractivity contribution >= 4 is 6.03 Å². The summed E-state index contributed by atoms with van der Waals surface area (Å²) in [4.78, 5) is 11.7. The van der Waals surface area contributed by atoms with Crippen LogP contribution < -0.4 is 10.6 Å². The predicted octanol–water partition coefficient (Wildman–Crippen LogP) is 2.04. The minimum absolute atomic E-state index is 0.268. The molecule has 0 saturated carbocycles. The lowest BCUT2D eigenvalue weighted by Crippen LogP contribution is -2.39. The Hall–Kier alpha value is -1.59. The Kier molecular flexibility index (Phi) is 7.79. The number of carbonyl (C=O) groups excluding carboxylic acids is 1. The van der Waals surface area contributed by atoms with E-state index in [1.165, 1.54) is 0 Å². The van der Waals surface area contributed by atoms with Crippen molar-refractivity contribution in [3.8, 4) is 0 Å². The minimum Gasteiger partial charge on any atom is -0.391 e. The number of hydrogen-bond donors (Lipinski definition) is 3. The molecule has 5 nitrogen and oxygen atoms in total. The number of carbonyl (C=O) groups is 1. The van der Waals surface area contributed by atoms with Crippen molar-refractivity contribution in [1.29, 1.82) is 0 Å². The highest BCUT2D eigenvalue weighted by Crippen LogP contribution is 2.09. The molecule has 0 fully saturated rings. The average Bonchev–Trinajstić information content (AvgIpc) is 2.44. The Labute approximate surface area is 126 Å². The van der Waals surface area contributed by atoms with E-state index < -0.39 is 6.10 Å².